The Labute approximate surface area is 120 Å². The Morgan fingerprint density at radius 1 is 1.38 bits per heavy atom. The molecule has 0 atom stereocenters. The van der Waals surface area contributed by atoms with Crippen molar-refractivity contribution < 1.29 is 23.2 Å². The zero-order chi connectivity index (χ0) is 16.2. The van der Waals surface area contributed by atoms with E-state index in [1.54, 1.807) is 0 Å². The molecule has 0 radical (unpaired) electrons. The van der Waals surface area contributed by atoms with Gasteiger partial charge in [0, 0.05) is 13.6 Å². The summed E-state index contributed by atoms with van der Waals surface area (Å²) < 4.78 is 32.4. The SMILES string of the molecule is CC(C)OCCN(C)C(=O)c1cc(F)c([N+](=O)[O-])cc1F. The van der Waals surface area contributed by atoms with Gasteiger partial charge in [0.15, 0.2) is 0 Å². The van der Waals surface area contributed by atoms with Crippen LogP contribution >= 0.6 is 0 Å². The molecule has 116 valence electrons. The molecule has 1 aromatic carbocycles. The number of ether oxygens (including phenoxy) is 1. The minimum atomic E-state index is -1.25. The fourth-order valence-electron chi connectivity index (χ4n) is 1.57. The van der Waals surface area contributed by atoms with E-state index in [-0.39, 0.29) is 19.3 Å². The highest BCUT2D eigenvalue weighted by atomic mass is 19.1. The van der Waals surface area contributed by atoms with Crippen molar-refractivity contribution in [3.05, 3.63) is 39.4 Å². The van der Waals surface area contributed by atoms with E-state index in [1.165, 1.54) is 7.05 Å². The molecule has 0 saturated heterocycles. The molecule has 1 amide bonds. The van der Waals surface area contributed by atoms with E-state index in [9.17, 15) is 23.7 Å². The van der Waals surface area contributed by atoms with E-state index in [0.29, 0.717) is 12.1 Å². The second kappa shape index (κ2) is 7.07. The number of nitrogens with zero attached hydrogens (tertiary/aromatic N) is 2. The lowest BCUT2D eigenvalue weighted by molar-refractivity contribution is -0.387. The van der Waals surface area contributed by atoms with E-state index in [0.717, 1.165) is 4.90 Å². The summed E-state index contributed by atoms with van der Waals surface area (Å²) in [5.41, 5.74) is -1.56. The highest BCUT2D eigenvalue weighted by Gasteiger charge is 2.23. The predicted octanol–water partition coefficient (Wildman–Crippen LogP) is 2.37. The zero-order valence-corrected chi connectivity index (χ0v) is 11.9. The van der Waals surface area contributed by atoms with Crippen LogP contribution in [-0.2, 0) is 4.74 Å². The lowest BCUT2D eigenvalue weighted by atomic mass is 10.1. The lowest BCUT2D eigenvalue weighted by Gasteiger charge is -2.18. The number of hydrogen-bond donors (Lipinski definition) is 0. The second-order valence-corrected chi connectivity index (χ2v) is 4.69. The molecule has 0 spiro atoms. The smallest absolute Gasteiger partial charge is 0.307 e. The molecule has 0 fully saturated rings. The van der Waals surface area contributed by atoms with Gasteiger partial charge in [0.1, 0.15) is 5.82 Å². The maximum Gasteiger partial charge on any atom is 0.307 e. The maximum absolute atomic E-state index is 13.7. The van der Waals surface area contributed by atoms with Gasteiger partial charge in [-0.25, -0.2) is 4.39 Å². The van der Waals surface area contributed by atoms with E-state index in [4.69, 9.17) is 4.74 Å². The molecule has 0 bridgehead atoms. The third-order valence-electron chi connectivity index (χ3n) is 2.69. The normalized spacial score (nSPS) is 10.8. The quantitative estimate of drug-likeness (QED) is 0.597. The number of rotatable bonds is 6. The van der Waals surface area contributed by atoms with Gasteiger partial charge in [-0.1, -0.05) is 0 Å². The average Bonchev–Trinajstić information content (AvgIpc) is 2.39. The Kier molecular flexibility index (Phi) is 5.71. The summed E-state index contributed by atoms with van der Waals surface area (Å²) in [6.45, 7) is 4.09. The Hall–Kier alpha value is -2.09. The number of halogens is 2. The number of hydrogen-bond acceptors (Lipinski definition) is 4. The summed E-state index contributed by atoms with van der Waals surface area (Å²) in [6.07, 6.45) is -0.0120. The summed E-state index contributed by atoms with van der Waals surface area (Å²) in [5.74, 6) is -3.16. The Morgan fingerprint density at radius 3 is 2.52 bits per heavy atom. The molecular formula is C13H16F2N2O4. The Morgan fingerprint density at radius 2 is 2.00 bits per heavy atom. The molecule has 0 aliphatic rings. The summed E-state index contributed by atoms with van der Waals surface area (Å²) in [4.78, 5) is 22.6. The van der Waals surface area contributed by atoms with Crippen molar-refractivity contribution in [1.82, 2.24) is 4.90 Å². The molecular weight excluding hydrogens is 286 g/mol. The van der Waals surface area contributed by atoms with Gasteiger partial charge in [0.25, 0.3) is 5.91 Å². The molecule has 0 aliphatic carbocycles. The number of amides is 1. The molecule has 0 unspecified atom stereocenters. The molecule has 1 aromatic rings. The van der Waals surface area contributed by atoms with Crippen LogP contribution in [0.3, 0.4) is 0 Å². The highest BCUT2D eigenvalue weighted by molar-refractivity contribution is 5.94. The first kappa shape index (κ1) is 17.0. The first-order valence-electron chi connectivity index (χ1n) is 6.24. The molecule has 0 N–H and O–H groups in total. The first-order valence-corrected chi connectivity index (χ1v) is 6.24. The van der Waals surface area contributed by atoms with Crippen LogP contribution in [0.1, 0.15) is 24.2 Å². The summed E-state index contributed by atoms with van der Waals surface area (Å²) in [6, 6.07) is 0.941. The Bertz CT molecular complexity index is 549. The monoisotopic (exact) mass is 302 g/mol. The minimum Gasteiger partial charge on any atom is -0.377 e. The Balaban J connectivity index is 2.87. The van der Waals surface area contributed by atoms with E-state index >= 15 is 0 Å². The zero-order valence-electron chi connectivity index (χ0n) is 11.9. The molecule has 0 aliphatic heterocycles. The third kappa shape index (κ3) is 4.45. The number of carbonyl (C=O) groups is 1. The van der Waals surface area contributed by atoms with Crippen LogP contribution in [0.2, 0.25) is 0 Å². The summed E-state index contributed by atoms with van der Waals surface area (Å²) in [7, 11) is 1.41. The van der Waals surface area contributed by atoms with Crippen molar-refractivity contribution in [2.75, 3.05) is 20.2 Å². The van der Waals surface area contributed by atoms with Crippen LogP contribution in [0.5, 0.6) is 0 Å². The van der Waals surface area contributed by atoms with Crippen LogP contribution in [0.4, 0.5) is 14.5 Å². The van der Waals surface area contributed by atoms with Crippen molar-refractivity contribution in [1.29, 1.82) is 0 Å². The van der Waals surface area contributed by atoms with Gasteiger partial charge in [0.05, 0.1) is 29.3 Å². The van der Waals surface area contributed by atoms with Crippen LogP contribution in [0.25, 0.3) is 0 Å². The van der Waals surface area contributed by atoms with Crippen LogP contribution < -0.4 is 0 Å². The average molecular weight is 302 g/mol. The van der Waals surface area contributed by atoms with Crippen LogP contribution in [-0.4, -0.2) is 42.0 Å². The molecule has 8 heteroatoms. The van der Waals surface area contributed by atoms with Gasteiger partial charge in [0.2, 0.25) is 5.82 Å². The highest BCUT2D eigenvalue weighted by Crippen LogP contribution is 2.22. The minimum absolute atomic E-state index is 0.0120. The second-order valence-electron chi connectivity index (χ2n) is 4.69. The third-order valence-corrected chi connectivity index (χ3v) is 2.69. The van der Waals surface area contributed by atoms with E-state index < -0.39 is 33.7 Å². The largest absolute Gasteiger partial charge is 0.377 e. The molecule has 0 saturated carbocycles. The van der Waals surface area contributed by atoms with Crippen molar-refractivity contribution in [3.63, 3.8) is 0 Å². The topological polar surface area (TPSA) is 72.7 Å². The lowest BCUT2D eigenvalue weighted by Crippen LogP contribution is -2.31. The number of benzene rings is 1. The standard InChI is InChI=1S/C13H16F2N2O4/c1-8(2)21-5-4-16(3)13(18)9-6-11(15)12(17(19)20)7-10(9)14/h6-8H,4-5H2,1-3H3. The summed E-state index contributed by atoms with van der Waals surface area (Å²) in [5, 5.41) is 10.5. The summed E-state index contributed by atoms with van der Waals surface area (Å²) >= 11 is 0. The number of nitro benzene ring substituents is 1. The van der Waals surface area contributed by atoms with Crippen molar-refractivity contribution >= 4 is 11.6 Å². The van der Waals surface area contributed by atoms with Gasteiger partial charge in [-0.2, -0.15) is 4.39 Å². The van der Waals surface area contributed by atoms with Gasteiger partial charge >= 0.3 is 5.69 Å². The van der Waals surface area contributed by atoms with Gasteiger partial charge in [-0.05, 0) is 19.9 Å². The maximum atomic E-state index is 13.7. The van der Waals surface area contributed by atoms with Crippen molar-refractivity contribution in [3.8, 4) is 0 Å². The number of likely N-dealkylation sites (N-methyl/N-ethyl adjacent to an activating group) is 1. The van der Waals surface area contributed by atoms with Crippen LogP contribution in [0, 0.1) is 21.7 Å². The van der Waals surface area contributed by atoms with Crippen molar-refractivity contribution in [2.24, 2.45) is 0 Å². The predicted molar refractivity (Wildman–Crippen MR) is 71.1 cm³/mol. The molecule has 0 heterocycles. The van der Waals surface area contributed by atoms with E-state index in [2.05, 4.69) is 0 Å². The molecule has 0 aromatic heterocycles. The number of nitro groups is 1. The van der Waals surface area contributed by atoms with Gasteiger partial charge < -0.3 is 9.64 Å². The van der Waals surface area contributed by atoms with Crippen LogP contribution in [0.15, 0.2) is 12.1 Å². The first-order chi connectivity index (χ1) is 9.73. The fourth-order valence-corrected chi connectivity index (χ4v) is 1.57. The molecule has 1 rings (SSSR count). The molecule has 21 heavy (non-hydrogen) atoms. The number of carbonyl (C=O) groups excluding carboxylic acids is 1. The van der Waals surface area contributed by atoms with Gasteiger partial charge in [-0.3, -0.25) is 14.9 Å². The molecule has 6 nitrogen and oxygen atoms in total. The van der Waals surface area contributed by atoms with Gasteiger partial charge in [-0.15, -0.1) is 0 Å². The van der Waals surface area contributed by atoms with Crippen molar-refractivity contribution in [2.45, 2.75) is 20.0 Å². The van der Waals surface area contributed by atoms with E-state index in [1.807, 2.05) is 13.8 Å². The fraction of sp³-hybridized carbons (Fsp3) is 0.462.